The zero-order valence-electron chi connectivity index (χ0n) is 17.5. The van der Waals surface area contributed by atoms with Crippen LogP contribution in [0.3, 0.4) is 0 Å². The van der Waals surface area contributed by atoms with Gasteiger partial charge in [-0.2, -0.15) is 0 Å². The third kappa shape index (κ3) is 3.46. The van der Waals surface area contributed by atoms with Crippen molar-refractivity contribution in [3.63, 3.8) is 0 Å². The number of phenols is 2. The summed E-state index contributed by atoms with van der Waals surface area (Å²) in [6.45, 7) is -0.324. The van der Waals surface area contributed by atoms with Gasteiger partial charge in [-0.25, -0.2) is 0 Å². The molecule has 1 unspecified atom stereocenters. The summed E-state index contributed by atoms with van der Waals surface area (Å²) < 4.78 is 21.4. The number of aromatic hydroxyl groups is 2. The first-order chi connectivity index (χ1) is 14.4. The van der Waals surface area contributed by atoms with Gasteiger partial charge in [-0.1, -0.05) is 0 Å². The highest BCUT2D eigenvalue weighted by Crippen LogP contribution is 2.54. The Morgan fingerprint density at radius 3 is 1.83 bits per heavy atom. The lowest BCUT2D eigenvalue weighted by Gasteiger charge is -2.39. The van der Waals surface area contributed by atoms with Crippen molar-refractivity contribution >= 4 is 0 Å². The van der Waals surface area contributed by atoms with Crippen molar-refractivity contribution in [3.8, 4) is 34.5 Å². The molecule has 2 aromatic rings. The Morgan fingerprint density at radius 1 is 0.800 bits per heavy atom. The molecule has 30 heavy (non-hydrogen) atoms. The molecule has 0 bridgehead atoms. The van der Waals surface area contributed by atoms with E-state index in [1.54, 1.807) is 18.2 Å². The van der Waals surface area contributed by atoms with Gasteiger partial charge < -0.3 is 39.4 Å². The van der Waals surface area contributed by atoms with E-state index in [0.717, 1.165) is 5.56 Å². The molecule has 0 spiro atoms. The second-order valence-electron chi connectivity index (χ2n) is 7.28. The van der Waals surface area contributed by atoms with Gasteiger partial charge in [0.05, 0.1) is 28.4 Å². The molecule has 8 heteroatoms. The van der Waals surface area contributed by atoms with E-state index in [4.69, 9.17) is 18.9 Å². The van der Waals surface area contributed by atoms with E-state index in [0.29, 0.717) is 17.5 Å². The fourth-order valence-corrected chi connectivity index (χ4v) is 4.44. The summed E-state index contributed by atoms with van der Waals surface area (Å²) in [5.74, 6) is -0.411. The van der Waals surface area contributed by atoms with Gasteiger partial charge >= 0.3 is 0 Å². The van der Waals surface area contributed by atoms with Crippen molar-refractivity contribution in [1.82, 2.24) is 0 Å². The van der Waals surface area contributed by atoms with Crippen LogP contribution in [0, 0.1) is 11.8 Å². The summed E-state index contributed by atoms with van der Waals surface area (Å²) in [6, 6.07) is 5.05. The van der Waals surface area contributed by atoms with Gasteiger partial charge in [0.2, 0.25) is 11.5 Å². The van der Waals surface area contributed by atoms with Crippen molar-refractivity contribution < 1.29 is 39.4 Å². The van der Waals surface area contributed by atoms with E-state index in [2.05, 4.69) is 0 Å². The quantitative estimate of drug-likeness (QED) is 0.538. The number of aliphatic hydroxyl groups excluding tert-OH is 2. The number of methoxy groups -OCH3 is 4. The highest BCUT2D eigenvalue weighted by molar-refractivity contribution is 5.64. The molecular formula is C22H28O8. The first-order valence-electron chi connectivity index (χ1n) is 9.58. The molecule has 1 aliphatic rings. The first kappa shape index (κ1) is 21.9. The Hall–Kier alpha value is -2.84. The molecule has 0 aliphatic heterocycles. The van der Waals surface area contributed by atoms with E-state index in [1.807, 2.05) is 0 Å². The van der Waals surface area contributed by atoms with Crippen LogP contribution < -0.4 is 18.9 Å². The fourth-order valence-electron chi connectivity index (χ4n) is 4.44. The molecule has 0 fully saturated rings. The molecule has 1 aliphatic carbocycles. The van der Waals surface area contributed by atoms with Gasteiger partial charge in [-0.3, -0.25) is 0 Å². The van der Waals surface area contributed by atoms with Crippen LogP contribution >= 0.6 is 0 Å². The third-order valence-corrected chi connectivity index (χ3v) is 5.90. The second-order valence-corrected chi connectivity index (χ2v) is 7.28. The number of hydrogen-bond acceptors (Lipinski definition) is 8. The van der Waals surface area contributed by atoms with Gasteiger partial charge in [0.15, 0.2) is 23.0 Å². The molecular weight excluding hydrogens is 392 g/mol. The summed E-state index contributed by atoms with van der Waals surface area (Å²) >= 11 is 0. The predicted octanol–water partition coefficient (Wildman–Crippen LogP) is 2.04. The summed E-state index contributed by atoms with van der Waals surface area (Å²) in [5.41, 5.74) is 2.21. The number of ether oxygens (including phenoxy) is 4. The summed E-state index contributed by atoms with van der Waals surface area (Å²) in [7, 11) is 5.78. The van der Waals surface area contributed by atoms with Gasteiger partial charge in [0.1, 0.15) is 0 Å². The van der Waals surface area contributed by atoms with Crippen LogP contribution in [-0.4, -0.2) is 62.1 Å². The zero-order chi connectivity index (χ0) is 22.0. The topological polar surface area (TPSA) is 118 Å². The molecule has 164 valence electrons. The summed E-state index contributed by atoms with van der Waals surface area (Å²) in [5, 5.41) is 41.3. The number of phenolic OH excluding ortho intramolecular Hbond substituents is 2. The van der Waals surface area contributed by atoms with Crippen LogP contribution in [-0.2, 0) is 6.42 Å². The van der Waals surface area contributed by atoms with Gasteiger partial charge in [0.25, 0.3) is 0 Å². The van der Waals surface area contributed by atoms with Gasteiger partial charge in [0, 0.05) is 24.7 Å². The fraction of sp³-hybridized carbons (Fsp3) is 0.455. The lowest BCUT2D eigenvalue weighted by atomic mass is 9.66. The molecule has 0 heterocycles. The van der Waals surface area contributed by atoms with Crippen molar-refractivity contribution in [2.75, 3.05) is 41.7 Å². The standard InChI is InChI=1S/C22H28O8/c1-27-15-7-12(8-16(28-2)20(15)25)18-14(10-24)13(9-23)5-11-6-17(29-3)21(26)22(30-4)19(11)18/h6-8,13-14,18,23-26H,5,9-10H2,1-4H3/t13-,14-,18?/m0/s1. The minimum absolute atomic E-state index is 0.126. The molecule has 8 nitrogen and oxygen atoms in total. The number of hydrogen-bond donors (Lipinski definition) is 4. The Labute approximate surface area is 175 Å². The monoisotopic (exact) mass is 420 g/mol. The minimum Gasteiger partial charge on any atom is -0.502 e. The number of aliphatic hydroxyl groups is 2. The van der Waals surface area contributed by atoms with E-state index in [-0.39, 0.29) is 59.5 Å². The molecule has 3 atom stereocenters. The zero-order valence-corrected chi connectivity index (χ0v) is 17.5. The van der Waals surface area contributed by atoms with Crippen LogP contribution in [0.5, 0.6) is 34.5 Å². The number of benzene rings is 2. The Kier molecular flexibility index (Phi) is 6.48. The van der Waals surface area contributed by atoms with Crippen LogP contribution in [0.2, 0.25) is 0 Å². The molecule has 0 amide bonds. The largest absolute Gasteiger partial charge is 0.502 e. The van der Waals surface area contributed by atoms with Crippen molar-refractivity contribution in [1.29, 1.82) is 0 Å². The van der Waals surface area contributed by atoms with Crippen LogP contribution in [0.4, 0.5) is 0 Å². The molecule has 0 saturated carbocycles. The van der Waals surface area contributed by atoms with Crippen molar-refractivity contribution in [2.24, 2.45) is 11.8 Å². The maximum absolute atomic E-state index is 10.7. The molecule has 2 aromatic carbocycles. The molecule has 0 aromatic heterocycles. The highest BCUT2D eigenvalue weighted by Gasteiger charge is 2.41. The summed E-state index contributed by atoms with van der Waals surface area (Å²) in [4.78, 5) is 0. The first-order valence-corrected chi connectivity index (χ1v) is 9.58. The van der Waals surface area contributed by atoms with Gasteiger partial charge in [-0.15, -0.1) is 0 Å². The molecule has 0 saturated heterocycles. The van der Waals surface area contributed by atoms with E-state index >= 15 is 0 Å². The van der Waals surface area contributed by atoms with E-state index < -0.39 is 5.92 Å². The maximum atomic E-state index is 10.7. The van der Waals surface area contributed by atoms with E-state index in [9.17, 15) is 20.4 Å². The predicted molar refractivity (Wildman–Crippen MR) is 109 cm³/mol. The van der Waals surface area contributed by atoms with Crippen molar-refractivity contribution in [3.05, 3.63) is 34.9 Å². The Morgan fingerprint density at radius 2 is 1.37 bits per heavy atom. The molecule has 3 rings (SSSR count). The lowest BCUT2D eigenvalue weighted by molar-refractivity contribution is 0.0999. The third-order valence-electron chi connectivity index (χ3n) is 5.90. The number of rotatable bonds is 7. The minimum atomic E-state index is -0.467. The van der Waals surface area contributed by atoms with E-state index in [1.165, 1.54) is 28.4 Å². The van der Waals surface area contributed by atoms with Gasteiger partial charge in [-0.05, 0) is 47.6 Å². The Balaban J connectivity index is 2.34. The lowest BCUT2D eigenvalue weighted by Crippen LogP contribution is -2.35. The smallest absolute Gasteiger partial charge is 0.201 e. The summed E-state index contributed by atoms with van der Waals surface area (Å²) in [6.07, 6.45) is 0.479. The Bertz CT molecular complexity index is 885. The normalized spacial score (nSPS) is 20.4. The van der Waals surface area contributed by atoms with Crippen LogP contribution in [0.15, 0.2) is 18.2 Å². The van der Waals surface area contributed by atoms with Crippen molar-refractivity contribution in [2.45, 2.75) is 12.3 Å². The number of fused-ring (bicyclic) bond motifs is 1. The van der Waals surface area contributed by atoms with Crippen LogP contribution in [0.25, 0.3) is 0 Å². The molecule has 0 radical (unpaired) electrons. The van der Waals surface area contributed by atoms with Crippen LogP contribution in [0.1, 0.15) is 22.6 Å². The average Bonchev–Trinajstić information content (AvgIpc) is 2.77. The highest BCUT2D eigenvalue weighted by atomic mass is 16.5. The maximum Gasteiger partial charge on any atom is 0.201 e. The molecule has 4 N–H and O–H groups in total. The second kappa shape index (κ2) is 8.89. The average molecular weight is 420 g/mol. The SMILES string of the molecule is COc1cc(C2c3c(cc(OC)c(O)c3OC)C[C@@H](CO)[C@@H]2CO)cc(OC)c1O.